The molecule has 1 saturated carbocycles. The van der Waals surface area contributed by atoms with E-state index < -0.39 is 0 Å². The molecule has 0 atom stereocenters. The summed E-state index contributed by atoms with van der Waals surface area (Å²) in [6.45, 7) is 1.99. The van der Waals surface area contributed by atoms with Crippen LogP contribution in [0.15, 0.2) is 41.7 Å². The number of hydrogen-bond donors (Lipinski definition) is 7. The number of guanidine groups is 1. The van der Waals surface area contributed by atoms with Crippen LogP contribution >= 0.6 is 0 Å². The van der Waals surface area contributed by atoms with Crippen LogP contribution in [0.1, 0.15) is 54.2 Å². The lowest BCUT2D eigenvalue weighted by Gasteiger charge is -2.31. The lowest BCUT2D eigenvalue weighted by Crippen LogP contribution is -2.38. The fourth-order valence-electron chi connectivity index (χ4n) is 4.99. The van der Waals surface area contributed by atoms with Gasteiger partial charge in [-0.2, -0.15) is 4.98 Å². The largest absolute Gasteiger partial charge is 0.450 e. The van der Waals surface area contributed by atoms with Crippen molar-refractivity contribution in [2.45, 2.75) is 50.6 Å². The molecule has 13 nitrogen and oxygen atoms in total. The number of fused-ring (bicyclic) bond motifs is 2. The molecule has 0 unspecified atom stereocenters. The molecule has 3 aromatic rings. The summed E-state index contributed by atoms with van der Waals surface area (Å²) in [5.74, 6) is 1.18. The van der Waals surface area contributed by atoms with E-state index in [2.05, 4.69) is 36.2 Å². The van der Waals surface area contributed by atoms with Crippen LogP contribution in [0.5, 0.6) is 11.5 Å². The number of hydrogen-bond acceptors (Lipinski definition) is 8. The summed E-state index contributed by atoms with van der Waals surface area (Å²) in [5, 5.41) is 19.6. The van der Waals surface area contributed by atoms with Gasteiger partial charge in [0, 0.05) is 43.4 Å². The van der Waals surface area contributed by atoms with Gasteiger partial charge in [0.05, 0.1) is 23.9 Å². The number of anilines is 2. The van der Waals surface area contributed by atoms with Gasteiger partial charge in [0.25, 0.3) is 5.91 Å². The zero-order chi connectivity index (χ0) is 27.2. The summed E-state index contributed by atoms with van der Waals surface area (Å²) in [6.07, 6.45) is 10.3. The number of amides is 1. The third-order valence-corrected chi connectivity index (χ3v) is 7.05. The van der Waals surface area contributed by atoms with E-state index >= 15 is 0 Å². The van der Waals surface area contributed by atoms with Crippen molar-refractivity contribution in [3.63, 3.8) is 0 Å². The molecule has 1 aliphatic heterocycles. The topological polar surface area (TPSA) is 188 Å². The Morgan fingerprint density at radius 1 is 1.15 bits per heavy atom. The minimum absolute atomic E-state index is 0.00706. The Bertz CT molecular complexity index is 1360. The highest BCUT2D eigenvalue weighted by Gasteiger charge is 2.26. The molecule has 39 heavy (non-hydrogen) atoms. The van der Waals surface area contributed by atoms with E-state index in [0.29, 0.717) is 54.1 Å². The number of carbonyl (C=O) groups excluding carboxylic acids is 1. The number of carbonyl (C=O) groups is 1. The van der Waals surface area contributed by atoms with Gasteiger partial charge in [0.1, 0.15) is 0 Å². The molecule has 0 saturated heterocycles. The Morgan fingerprint density at radius 2 is 2.00 bits per heavy atom. The molecule has 1 aromatic carbocycles. The maximum absolute atomic E-state index is 12.9. The number of aromatic nitrogens is 4. The van der Waals surface area contributed by atoms with E-state index in [9.17, 15) is 9.59 Å². The molecule has 1 fully saturated rings. The first-order chi connectivity index (χ1) is 19.0. The van der Waals surface area contributed by atoms with Gasteiger partial charge < -0.3 is 36.7 Å². The Hall–Kier alpha value is -4.39. The second-order valence-electron chi connectivity index (χ2n) is 9.80. The van der Waals surface area contributed by atoms with Crippen molar-refractivity contribution in [3.8, 4) is 11.5 Å². The minimum atomic E-state index is -0.327. The van der Waals surface area contributed by atoms with Gasteiger partial charge in [-0.15, -0.1) is 0 Å². The number of benzene rings is 1. The zero-order valence-corrected chi connectivity index (χ0v) is 21.6. The standard InChI is InChI=1S/C26H34N10O3/c27-25(28)32-10-1-9-30-17-3-5-19(6-4-17)36-14-22-23(35-26(36)38)34-20-12-16(2-7-21(20)39-22)24(37)31-11-8-18-13-29-15-33-18/h2,7,12-15,17,19,30H,1,3-6,8-11H2,(H,29,33)(H,31,37)(H4,27,28,32)(H,34,35,38)/t17-,19-. The van der Waals surface area contributed by atoms with E-state index in [4.69, 9.17) is 15.9 Å². The van der Waals surface area contributed by atoms with Crippen LogP contribution in [-0.2, 0) is 6.42 Å². The van der Waals surface area contributed by atoms with Gasteiger partial charge in [-0.05, 0) is 56.8 Å². The van der Waals surface area contributed by atoms with Crippen molar-refractivity contribution in [2.75, 3.05) is 25.0 Å². The maximum Gasteiger partial charge on any atom is 0.350 e. The fraction of sp³-hybridized carbons (Fsp3) is 0.423. The highest BCUT2D eigenvalue weighted by Crippen LogP contribution is 2.41. The summed E-state index contributed by atoms with van der Waals surface area (Å²) < 4.78 is 7.75. The molecule has 0 radical (unpaired) electrons. The average Bonchev–Trinajstić information content (AvgIpc) is 3.45. The average molecular weight is 535 g/mol. The summed E-state index contributed by atoms with van der Waals surface area (Å²) in [6, 6.07) is 5.61. The molecule has 3 heterocycles. The van der Waals surface area contributed by atoms with Crippen molar-refractivity contribution >= 4 is 23.4 Å². The maximum atomic E-state index is 12.9. The molecule has 0 bridgehead atoms. The minimum Gasteiger partial charge on any atom is -0.450 e. The van der Waals surface area contributed by atoms with E-state index in [0.717, 1.165) is 44.3 Å². The SMILES string of the molecule is N=C(N)NCCCN[C@H]1CC[C@H](n2cc3c(nc2=O)Nc2cc(C(=O)NCCc4c[nH]cn4)ccc2O3)CC1. The Kier molecular flexibility index (Phi) is 8.06. The second-order valence-corrected chi connectivity index (χ2v) is 9.80. The molecule has 2 aliphatic rings. The molecule has 8 N–H and O–H groups in total. The van der Waals surface area contributed by atoms with Crippen LogP contribution in [0.3, 0.4) is 0 Å². The van der Waals surface area contributed by atoms with Crippen molar-refractivity contribution in [1.29, 1.82) is 5.41 Å². The van der Waals surface area contributed by atoms with Crippen molar-refractivity contribution in [2.24, 2.45) is 5.73 Å². The van der Waals surface area contributed by atoms with E-state index in [1.54, 1.807) is 41.5 Å². The lowest BCUT2D eigenvalue weighted by atomic mass is 9.91. The van der Waals surface area contributed by atoms with Crippen LogP contribution < -0.4 is 37.4 Å². The number of ether oxygens (including phenoxy) is 1. The molecule has 1 aliphatic carbocycles. The summed E-state index contributed by atoms with van der Waals surface area (Å²) in [5.41, 5.74) is 6.91. The van der Waals surface area contributed by atoms with E-state index in [-0.39, 0.29) is 23.6 Å². The van der Waals surface area contributed by atoms with Crippen LogP contribution in [0, 0.1) is 5.41 Å². The highest BCUT2D eigenvalue weighted by atomic mass is 16.5. The lowest BCUT2D eigenvalue weighted by molar-refractivity contribution is 0.0954. The van der Waals surface area contributed by atoms with E-state index in [1.165, 1.54) is 0 Å². The predicted octanol–water partition coefficient (Wildman–Crippen LogP) is 1.73. The molecular formula is C26H34N10O3. The summed E-state index contributed by atoms with van der Waals surface area (Å²) in [4.78, 5) is 36.8. The highest BCUT2D eigenvalue weighted by molar-refractivity contribution is 5.96. The molecule has 2 aromatic heterocycles. The molecular weight excluding hydrogens is 500 g/mol. The Labute approximate surface area is 225 Å². The molecule has 13 heteroatoms. The third kappa shape index (κ3) is 6.55. The number of nitrogens with one attached hydrogen (secondary N) is 6. The number of aromatic amines is 1. The predicted molar refractivity (Wildman–Crippen MR) is 147 cm³/mol. The smallest absolute Gasteiger partial charge is 0.350 e. The number of nitrogens with two attached hydrogens (primary N) is 1. The zero-order valence-electron chi connectivity index (χ0n) is 21.6. The van der Waals surface area contributed by atoms with Crippen molar-refractivity contribution in [3.05, 3.63) is 58.7 Å². The van der Waals surface area contributed by atoms with Gasteiger partial charge in [-0.3, -0.25) is 14.8 Å². The van der Waals surface area contributed by atoms with Gasteiger partial charge in [0.15, 0.2) is 23.3 Å². The van der Waals surface area contributed by atoms with Crippen molar-refractivity contribution in [1.82, 2.24) is 35.5 Å². The van der Waals surface area contributed by atoms with Gasteiger partial charge in [0.2, 0.25) is 0 Å². The van der Waals surface area contributed by atoms with Crippen LogP contribution in [-0.4, -0.2) is 57.1 Å². The number of nitrogens with zero attached hydrogens (tertiary/aromatic N) is 3. The first-order valence-electron chi connectivity index (χ1n) is 13.3. The number of rotatable bonds is 10. The van der Waals surface area contributed by atoms with Crippen molar-refractivity contribution < 1.29 is 9.53 Å². The normalized spacial score (nSPS) is 17.7. The summed E-state index contributed by atoms with van der Waals surface area (Å²) in [7, 11) is 0. The molecule has 0 spiro atoms. The van der Waals surface area contributed by atoms with Crippen LogP contribution in [0.2, 0.25) is 0 Å². The van der Waals surface area contributed by atoms with Crippen LogP contribution in [0.25, 0.3) is 0 Å². The monoisotopic (exact) mass is 534 g/mol. The molecule has 5 rings (SSSR count). The first kappa shape index (κ1) is 26.2. The number of H-pyrrole nitrogens is 1. The van der Waals surface area contributed by atoms with E-state index in [1.807, 2.05) is 0 Å². The second kappa shape index (κ2) is 12.0. The molecule has 206 valence electrons. The first-order valence-corrected chi connectivity index (χ1v) is 13.3. The van der Waals surface area contributed by atoms with Gasteiger partial charge in [-0.25, -0.2) is 9.78 Å². The molecule has 1 amide bonds. The number of imidazole rings is 1. The Balaban J connectivity index is 1.16. The van der Waals surface area contributed by atoms with Crippen LogP contribution in [0.4, 0.5) is 11.5 Å². The van der Waals surface area contributed by atoms with Gasteiger partial charge >= 0.3 is 5.69 Å². The fourth-order valence-corrected chi connectivity index (χ4v) is 4.99. The van der Waals surface area contributed by atoms with Gasteiger partial charge in [-0.1, -0.05) is 0 Å². The summed E-state index contributed by atoms with van der Waals surface area (Å²) >= 11 is 0. The third-order valence-electron chi connectivity index (χ3n) is 7.05. The quantitative estimate of drug-likeness (QED) is 0.0903. The Morgan fingerprint density at radius 3 is 2.77 bits per heavy atom.